The summed E-state index contributed by atoms with van der Waals surface area (Å²) in [6.45, 7) is 0. The molecule has 0 N–H and O–H groups in total. The van der Waals surface area contributed by atoms with Gasteiger partial charge in [-0.2, -0.15) is 0 Å². The van der Waals surface area contributed by atoms with Crippen LogP contribution in [-0.2, 0) is 17.5 Å². The Labute approximate surface area is 156 Å². The highest BCUT2D eigenvalue weighted by atomic mass is 32.2. The molecule has 26 heavy (non-hydrogen) atoms. The van der Waals surface area contributed by atoms with Crippen LogP contribution in [0, 0.1) is 0 Å². The molecule has 0 saturated heterocycles. The molecule has 6 nitrogen and oxygen atoms in total. The van der Waals surface area contributed by atoms with Crippen LogP contribution in [-0.4, -0.2) is 35.0 Å². The van der Waals surface area contributed by atoms with Crippen molar-refractivity contribution >= 4 is 17.7 Å². The lowest BCUT2D eigenvalue weighted by molar-refractivity contribution is 0.0600. The number of benzene rings is 2. The first-order chi connectivity index (χ1) is 12.6. The summed E-state index contributed by atoms with van der Waals surface area (Å²) in [6, 6.07) is 15.1. The van der Waals surface area contributed by atoms with E-state index >= 15 is 0 Å². The Morgan fingerprint density at radius 2 is 1.73 bits per heavy atom. The minimum absolute atomic E-state index is 0.332. The third-order valence-electron chi connectivity index (χ3n) is 3.93. The van der Waals surface area contributed by atoms with Crippen molar-refractivity contribution in [3.05, 3.63) is 59.7 Å². The monoisotopic (exact) mass is 369 g/mol. The fourth-order valence-corrected chi connectivity index (χ4v) is 3.30. The molecule has 0 saturated carbocycles. The van der Waals surface area contributed by atoms with E-state index in [4.69, 9.17) is 9.47 Å². The topological polar surface area (TPSA) is 66.2 Å². The summed E-state index contributed by atoms with van der Waals surface area (Å²) in [5.41, 5.74) is 2.62. The van der Waals surface area contributed by atoms with Crippen molar-refractivity contribution < 1.29 is 14.3 Å². The minimum Gasteiger partial charge on any atom is -0.497 e. The highest BCUT2D eigenvalue weighted by Crippen LogP contribution is 2.26. The maximum Gasteiger partial charge on any atom is 0.337 e. The van der Waals surface area contributed by atoms with Crippen LogP contribution in [0.2, 0.25) is 0 Å². The van der Waals surface area contributed by atoms with Crippen molar-refractivity contribution in [3.63, 3.8) is 0 Å². The molecule has 1 heterocycles. The van der Waals surface area contributed by atoms with Crippen molar-refractivity contribution in [2.45, 2.75) is 10.9 Å². The molecule has 0 atom stereocenters. The number of carbonyl (C=O) groups excluding carboxylic acids is 1. The van der Waals surface area contributed by atoms with Gasteiger partial charge in [0.2, 0.25) is 0 Å². The lowest BCUT2D eigenvalue weighted by Crippen LogP contribution is -2.00. The van der Waals surface area contributed by atoms with Gasteiger partial charge in [0.15, 0.2) is 11.0 Å². The number of hydrogen-bond acceptors (Lipinski definition) is 6. The summed E-state index contributed by atoms with van der Waals surface area (Å²) in [6.07, 6.45) is 0. The maximum atomic E-state index is 11.5. The average molecular weight is 369 g/mol. The molecule has 0 amide bonds. The summed E-state index contributed by atoms with van der Waals surface area (Å²) < 4.78 is 11.9. The predicted molar refractivity (Wildman–Crippen MR) is 100 cm³/mol. The van der Waals surface area contributed by atoms with Gasteiger partial charge in [-0.25, -0.2) is 4.79 Å². The van der Waals surface area contributed by atoms with Gasteiger partial charge in [-0.05, 0) is 42.0 Å². The fourth-order valence-electron chi connectivity index (χ4n) is 2.43. The highest BCUT2D eigenvalue weighted by Gasteiger charge is 2.12. The minimum atomic E-state index is -0.332. The second kappa shape index (κ2) is 8.05. The zero-order valence-electron chi connectivity index (χ0n) is 14.8. The number of aromatic nitrogens is 3. The lowest BCUT2D eigenvalue weighted by atomic mass is 10.1. The highest BCUT2D eigenvalue weighted by molar-refractivity contribution is 7.98. The molecule has 3 rings (SSSR count). The van der Waals surface area contributed by atoms with E-state index in [0.29, 0.717) is 5.56 Å². The van der Waals surface area contributed by atoms with Gasteiger partial charge in [0, 0.05) is 18.4 Å². The van der Waals surface area contributed by atoms with Gasteiger partial charge in [0.05, 0.1) is 19.8 Å². The largest absolute Gasteiger partial charge is 0.497 e. The van der Waals surface area contributed by atoms with Crippen molar-refractivity contribution in [2.75, 3.05) is 14.2 Å². The van der Waals surface area contributed by atoms with Crippen molar-refractivity contribution in [3.8, 4) is 17.1 Å². The van der Waals surface area contributed by atoms with Crippen LogP contribution in [0.25, 0.3) is 11.4 Å². The molecule has 1 aromatic heterocycles. The number of carbonyl (C=O) groups is 1. The molecule has 2 aromatic carbocycles. The maximum absolute atomic E-state index is 11.5. The Balaban J connectivity index is 1.69. The Hall–Kier alpha value is -2.80. The van der Waals surface area contributed by atoms with Gasteiger partial charge < -0.3 is 14.0 Å². The molecule has 0 radical (unpaired) electrons. The number of esters is 1. The summed E-state index contributed by atoms with van der Waals surface area (Å²) >= 11 is 1.59. The standard InChI is InChI=1S/C19H19N3O3S/c1-22-17(14-8-10-16(24-2)11-9-14)20-21-19(22)26-12-13-4-6-15(7-5-13)18(23)25-3/h4-11H,12H2,1-3H3. The van der Waals surface area contributed by atoms with E-state index in [9.17, 15) is 4.79 Å². The third kappa shape index (κ3) is 3.88. The number of thioether (sulfide) groups is 1. The van der Waals surface area contributed by atoms with Crippen molar-refractivity contribution in [1.82, 2.24) is 14.8 Å². The van der Waals surface area contributed by atoms with Gasteiger partial charge in [0.25, 0.3) is 0 Å². The molecule has 0 aliphatic carbocycles. The zero-order valence-corrected chi connectivity index (χ0v) is 15.6. The quantitative estimate of drug-likeness (QED) is 0.489. The molecular formula is C19H19N3O3S. The smallest absolute Gasteiger partial charge is 0.337 e. The molecule has 0 bridgehead atoms. The van der Waals surface area contributed by atoms with Gasteiger partial charge >= 0.3 is 5.97 Å². The molecule has 134 valence electrons. The van der Waals surface area contributed by atoms with E-state index in [1.165, 1.54) is 7.11 Å². The van der Waals surface area contributed by atoms with E-state index in [1.54, 1.807) is 31.0 Å². The SMILES string of the molecule is COC(=O)c1ccc(CSc2nnc(-c3ccc(OC)cc3)n2C)cc1. The zero-order chi connectivity index (χ0) is 18.5. The third-order valence-corrected chi connectivity index (χ3v) is 5.02. The first-order valence-electron chi connectivity index (χ1n) is 7.96. The van der Waals surface area contributed by atoms with Crippen LogP contribution < -0.4 is 4.74 Å². The number of rotatable bonds is 6. The molecular weight excluding hydrogens is 350 g/mol. The predicted octanol–water partition coefficient (Wildman–Crippen LogP) is 3.57. The van der Waals surface area contributed by atoms with Gasteiger partial charge in [0.1, 0.15) is 5.75 Å². The number of nitrogens with zero attached hydrogens (tertiary/aromatic N) is 3. The summed E-state index contributed by atoms with van der Waals surface area (Å²) in [5.74, 6) is 2.01. The molecule has 0 unspecified atom stereocenters. The van der Waals surface area contributed by atoms with Gasteiger partial charge in [-0.1, -0.05) is 23.9 Å². The number of hydrogen-bond donors (Lipinski definition) is 0. The van der Waals surface area contributed by atoms with E-state index in [1.807, 2.05) is 48.0 Å². The van der Waals surface area contributed by atoms with Crippen LogP contribution in [0.1, 0.15) is 15.9 Å². The Bertz CT molecular complexity index is 889. The van der Waals surface area contributed by atoms with E-state index in [2.05, 4.69) is 10.2 Å². The van der Waals surface area contributed by atoms with Crippen LogP contribution in [0.3, 0.4) is 0 Å². The Morgan fingerprint density at radius 3 is 2.35 bits per heavy atom. The normalized spacial score (nSPS) is 10.6. The molecule has 3 aromatic rings. The van der Waals surface area contributed by atoms with E-state index in [-0.39, 0.29) is 5.97 Å². The van der Waals surface area contributed by atoms with Crippen LogP contribution in [0.4, 0.5) is 0 Å². The van der Waals surface area contributed by atoms with Crippen LogP contribution in [0.15, 0.2) is 53.7 Å². The van der Waals surface area contributed by atoms with Crippen molar-refractivity contribution in [2.24, 2.45) is 7.05 Å². The number of ether oxygens (including phenoxy) is 2. The molecule has 0 aliphatic rings. The van der Waals surface area contributed by atoms with Crippen molar-refractivity contribution in [1.29, 1.82) is 0 Å². The lowest BCUT2D eigenvalue weighted by Gasteiger charge is -2.05. The first kappa shape index (κ1) is 18.0. The second-order valence-electron chi connectivity index (χ2n) is 5.57. The molecule has 0 aliphatic heterocycles. The molecule has 0 fully saturated rings. The first-order valence-corrected chi connectivity index (χ1v) is 8.95. The Morgan fingerprint density at radius 1 is 1.04 bits per heavy atom. The fraction of sp³-hybridized carbons (Fsp3) is 0.211. The van der Waals surface area contributed by atoms with Crippen LogP contribution >= 0.6 is 11.8 Å². The summed E-state index contributed by atoms with van der Waals surface area (Å²) in [7, 11) is 4.96. The summed E-state index contributed by atoms with van der Waals surface area (Å²) in [4.78, 5) is 11.5. The van der Waals surface area contributed by atoms with Gasteiger partial charge in [-0.15, -0.1) is 10.2 Å². The van der Waals surface area contributed by atoms with Crippen LogP contribution in [0.5, 0.6) is 5.75 Å². The Kier molecular flexibility index (Phi) is 5.58. The average Bonchev–Trinajstić information content (AvgIpc) is 3.06. The second-order valence-corrected chi connectivity index (χ2v) is 6.51. The molecule has 0 spiro atoms. The van der Waals surface area contributed by atoms with E-state index < -0.39 is 0 Å². The number of methoxy groups -OCH3 is 2. The molecule has 7 heteroatoms. The van der Waals surface area contributed by atoms with Gasteiger partial charge in [-0.3, -0.25) is 0 Å². The summed E-state index contributed by atoms with van der Waals surface area (Å²) in [5, 5.41) is 9.40. The van der Waals surface area contributed by atoms with E-state index in [0.717, 1.165) is 33.6 Å².